The van der Waals surface area contributed by atoms with Crippen LogP contribution in [0.4, 0.5) is 4.79 Å². The smallest absolute Gasteiger partial charge is 0.408 e. The molecule has 0 aromatic heterocycles. The maximum Gasteiger partial charge on any atom is 0.408 e. The molecule has 0 aliphatic rings. The molecule has 0 heterocycles. The van der Waals surface area contributed by atoms with Gasteiger partial charge >= 0.3 is 6.09 Å². The fraction of sp³-hybridized carbons (Fsp3) is 0.667. The summed E-state index contributed by atoms with van der Waals surface area (Å²) < 4.78 is 5.41. The Hall–Kier alpha value is -3.10. The van der Waals surface area contributed by atoms with E-state index in [0.29, 0.717) is 17.9 Å². The average molecular weight is 547 g/mol. The molecule has 1 aromatic rings. The zero-order valence-electron chi connectivity index (χ0n) is 25.5. The molecule has 39 heavy (non-hydrogen) atoms. The van der Waals surface area contributed by atoms with E-state index in [1.54, 1.807) is 25.7 Å². The molecular weight excluding hydrogens is 496 g/mol. The molecule has 220 valence electrons. The normalized spacial score (nSPS) is 13.9. The Kier molecular flexibility index (Phi) is 13.0. The number of primary amides is 1. The van der Waals surface area contributed by atoms with E-state index in [9.17, 15) is 19.2 Å². The van der Waals surface area contributed by atoms with Gasteiger partial charge in [0.15, 0.2) is 0 Å². The number of nitrogens with two attached hydrogens (primary N) is 1. The first-order valence-corrected chi connectivity index (χ1v) is 13.9. The molecular formula is C30H50N4O5. The van der Waals surface area contributed by atoms with Crippen LogP contribution in [-0.2, 0) is 19.1 Å². The van der Waals surface area contributed by atoms with E-state index < -0.39 is 35.6 Å². The van der Waals surface area contributed by atoms with Crippen LogP contribution in [0.3, 0.4) is 0 Å². The third kappa shape index (κ3) is 11.7. The van der Waals surface area contributed by atoms with Gasteiger partial charge in [0, 0.05) is 18.5 Å². The highest BCUT2D eigenvalue weighted by Crippen LogP contribution is 2.30. The van der Waals surface area contributed by atoms with Crippen LogP contribution in [-0.4, -0.2) is 52.4 Å². The maximum atomic E-state index is 14.3. The number of carbonyl (C=O) groups excluding carboxylic acids is 4. The quantitative estimate of drug-likeness (QED) is 0.331. The van der Waals surface area contributed by atoms with Crippen molar-refractivity contribution in [3.8, 4) is 0 Å². The second kappa shape index (κ2) is 14.9. The SMILES string of the molecule is Cc1ccc(C(C(=O)NC(C)C)N(C(=O)C(CCC(N)=O)NC(=O)OC(C)(C)C)C(C)CCC(C)C)c(C)c1. The lowest BCUT2D eigenvalue weighted by atomic mass is 9.93. The van der Waals surface area contributed by atoms with E-state index in [0.717, 1.165) is 17.5 Å². The highest BCUT2D eigenvalue weighted by atomic mass is 16.6. The standard InChI is InChI=1S/C30H50N4O5/c1-18(2)11-13-22(7)34(26(27(36)32-19(3)4)23-14-12-20(5)17-21(23)6)28(37)24(15-16-25(31)35)33-29(38)39-30(8,9)10/h12,14,17-19,22,24,26H,11,13,15-16H2,1-10H3,(H2,31,35)(H,32,36)(H,33,38). The molecule has 1 rings (SSSR count). The van der Waals surface area contributed by atoms with Crippen LogP contribution in [0, 0.1) is 19.8 Å². The van der Waals surface area contributed by atoms with Gasteiger partial charge in [-0.1, -0.05) is 37.6 Å². The van der Waals surface area contributed by atoms with Crippen LogP contribution >= 0.6 is 0 Å². The third-order valence-electron chi connectivity index (χ3n) is 6.24. The van der Waals surface area contributed by atoms with Crippen molar-refractivity contribution in [2.24, 2.45) is 11.7 Å². The summed E-state index contributed by atoms with van der Waals surface area (Å²) in [6, 6.07) is 3.22. The van der Waals surface area contributed by atoms with Crippen LogP contribution < -0.4 is 16.4 Å². The van der Waals surface area contributed by atoms with Gasteiger partial charge in [-0.15, -0.1) is 0 Å². The predicted octanol–water partition coefficient (Wildman–Crippen LogP) is 4.68. The van der Waals surface area contributed by atoms with E-state index >= 15 is 0 Å². The van der Waals surface area contributed by atoms with Gasteiger partial charge in [0.25, 0.3) is 0 Å². The molecule has 1 aromatic carbocycles. The van der Waals surface area contributed by atoms with E-state index in [-0.39, 0.29) is 30.8 Å². The highest BCUT2D eigenvalue weighted by Gasteiger charge is 2.39. The van der Waals surface area contributed by atoms with Crippen molar-refractivity contribution in [1.29, 1.82) is 0 Å². The molecule has 4 amide bonds. The number of nitrogens with zero attached hydrogens (tertiary/aromatic N) is 1. The van der Waals surface area contributed by atoms with Crippen molar-refractivity contribution in [2.75, 3.05) is 0 Å². The van der Waals surface area contributed by atoms with E-state index in [4.69, 9.17) is 10.5 Å². The number of benzene rings is 1. The summed E-state index contributed by atoms with van der Waals surface area (Å²) in [6.45, 7) is 18.9. The first-order chi connectivity index (χ1) is 17.9. The first kappa shape index (κ1) is 33.9. The Bertz CT molecular complexity index is 1000. The van der Waals surface area contributed by atoms with Crippen molar-refractivity contribution in [1.82, 2.24) is 15.5 Å². The fourth-order valence-corrected chi connectivity index (χ4v) is 4.40. The Morgan fingerprint density at radius 1 is 0.949 bits per heavy atom. The van der Waals surface area contributed by atoms with Gasteiger partial charge < -0.3 is 26.0 Å². The van der Waals surface area contributed by atoms with Gasteiger partial charge in [-0.3, -0.25) is 14.4 Å². The number of ether oxygens (including phenoxy) is 1. The number of rotatable bonds is 13. The van der Waals surface area contributed by atoms with Crippen LogP contribution in [0.1, 0.15) is 104 Å². The lowest BCUT2D eigenvalue weighted by Gasteiger charge is -2.39. The number of hydrogen-bond donors (Lipinski definition) is 3. The molecule has 0 bridgehead atoms. The lowest BCUT2D eigenvalue weighted by Crippen LogP contribution is -2.56. The summed E-state index contributed by atoms with van der Waals surface area (Å²) in [6.07, 6.45) is 0.560. The molecule has 0 aliphatic heterocycles. The summed E-state index contributed by atoms with van der Waals surface area (Å²) in [5, 5.41) is 5.63. The summed E-state index contributed by atoms with van der Waals surface area (Å²) in [5.74, 6) is -0.990. The Labute approximate surface area is 234 Å². The van der Waals surface area contributed by atoms with Crippen molar-refractivity contribution in [3.63, 3.8) is 0 Å². The zero-order valence-corrected chi connectivity index (χ0v) is 25.5. The molecule has 0 radical (unpaired) electrons. The van der Waals surface area contributed by atoms with Crippen LogP contribution in [0.15, 0.2) is 18.2 Å². The number of alkyl carbamates (subject to hydrolysis) is 1. The molecule has 4 N–H and O–H groups in total. The summed E-state index contributed by atoms with van der Waals surface area (Å²) in [5.41, 5.74) is 7.24. The molecule has 0 spiro atoms. The Morgan fingerprint density at radius 3 is 2.05 bits per heavy atom. The van der Waals surface area contributed by atoms with Gasteiger partial charge in [0.05, 0.1) is 0 Å². The topological polar surface area (TPSA) is 131 Å². The highest BCUT2D eigenvalue weighted by molar-refractivity contribution is 5.93. The second-order valence-corrected chi connectivity index (χ2v) is 12.2. The van der Waals surface area contributed by atoms with Gasteiger partial charge in [-0.25, -0.2) is 4.79 Å². The zero-order chi connectivity index (χ0) is 30.1. The molecule has 0 fully saturated rings. The average Bonchev–Trinajstić information content (AvgIpc) is 2.76. The Balaban J connectivity index is 3.70. The Morgan fingerprint density at radius 2 is 1.56 bits per heavy atom. The van der Waals surface area contributed by atoms with Crippen LogP contribution in [0.5, 0.6) is 0 Å². The van der Waals surface area contributed by atoms with Crippen LogP contribution in [0.2, 0.25) is 0 Å². The molecule has 0 saturated heterocycles. The third-order valence-corrected chi connectivity index (χ3v) is 6.24. The number of carbonyl (C=O) groups is 4. The minimum atomic E-state index is -1.12. The lowest BCUT2D eigenvalue weighted by molar-refractivity contribution is -0.145. The van der Waals surface area contributed by atoms with Gasteiger partial charge in [0.1, 0.15) is 17.7 Å². The van der Waals surface area contributed by atoms with Crippen molar-refractivity contribution in [3.05, 3.63) is 34.9 Å². The maximum absolute atomic E-state index is 14.3. The number of amides is 4. The van der Waals surface area contributed by atoms with Crippen LogP contribution in [0.25, 0.3) is 0 Å². The predicted molar refractivity (Wildman–Crippen MR) is 154 cm³/mol. The van der Waals surface area contributed by atoms with Gasteiger partial charge in [0.2, 0.25) is 17.7 Å². The molecule has 9 nitrogen and oxygen atoms in total. The summed E-state index contributed by atoms with van der Waals surface area (Å²) in [4.78, 5) is 54.1. The number of hydrogen-bond acceptors (Lipinski definition) is 5. The van der Waals surface area contributed by atoms with Crippen molar-refractivity contribution >= 4 is 23.8 Å². The van der Waals surface area contributed by atoms with E-state index in [2.05, 4.69) is 24.5 Å². The van der Waals surface area contributed by atoms with Gasteiger partial charge in [-0.2, -0.15) is 0 Å². The molecule has 0 aliphatic carbocycles. The molecule has 3 unspecified atom stereocenters. The number of nitrogens with one attached hydrogen (secondary N) is 2. The van der Waals surface area contributed by atoms with Crippen molar-refractivity contribution < 1.29 is 23.9 Å². The largest absolute Gasteiger partial charge is 0.444 e. The molecule has 9 heteroatoms. The summed E-state index contributed by atoms with van der Waals surface area (Å²) >= 11 is 0. The van der Waals surface area contributed by atoms with Gasteiger partial charge in [-0.05, 0) is 91.7 Å². The van der Waals surface area contributed by atoms with E-state index in [1.807, 2.05) is 52.8 Å². The molecule has 3 atom stereocenters. The summed E-state index contributed by atoms with van der Waals surface area (Å²) in [7, 11) is 0. The van der Waals surface area contributed by atoms with E-state index in [1.165, 1.54) is 0 Å². The minimum Gasteiger partial charge on any atom is -0.444 e. The fourth-order valence-electron chi connectivity index (χ4n) is 4.40. The minimum absolute atomic E-state index is 0.0216. The second-order valence-electron chi connectivity index (χ2n) is 12.2. The number of aryl methyl sites for hydroxylation is 2. The molecule has 0 saturated carbocycles. The van der Waals surface area contributed by atoms with Crippen molar-refractivity contribution in [2.45, 2.75) is 125 Å². The first-order valence-electron chi connectivity index (χ1n) is 13.9. The monoisotopic (exact) mass is 546 g/mol.